The van der Waals surface area contributed by atoms with Crippen LogP contribution in [-0.2, 0) is 6.42 Å². The molecule has 1 aliphatic rings. The number of β-amino-alcohol motifs (C(OH)–C–C–N with tert-alkyl or cyclic N) is 1. The molecule has 5 heteroatoms. The number of hydrogen-bond acceptors (Lipinski definition) is 5. The van der Waals surface area contributed by atoms with Gasteiger partial charge in [-0.2, -0.15) is 4.98 Å². The Morgan fingerprint density at radius 1 is 1.19 bits per heavy atom. The van der Waals surface area contributed by atoms with Crippen molar-refractivity contribution < 1.29 is 9.63 Å². The molecule has 1 aromatic carbocycles. The van der Waals surface area contributed by atoms with E-state index in [-0.39, 0.29) is 6.10 Å². The van der Waals surface area contributed by atoms with Gasteiger partial charge < -0.3 is 9.63 Å². The van der Waals surface area contributed by atoms with E-state index in [1.807, 2.05) is 0 Å². The van der Waals surface area contributed by atoms with E-state index in [0.717, 1.165) is 43.8 Å². The van der Waals surface area contributed by atoms with Gasteiger partial charge in [-0.05, 0) is 25.3 Å². The van der Waals surface area contributed by atoms with Crippen molar-refractivity contribution in [2.45, 2.75) is 70.9 Å². The SMILES string of the molecule is CCCCCCCc1nc(-c2ccc([C@H](C)N3CC[C@H](O)C3)cc2)no1. The summed E-state index contributed by atoms with van der Waals surface area (Å²) >= 11 is 0. The number of benzene rings is 1. The number of nitrogens with zero attached hydrogens (tertiary/aromatic N) is 3. The molecule has 0 unspecified atom stereocenters. The normalized spacial score (nSPS) is 19.1. The van der Waals surface area contributed by atoms with Crippen LogP contribution in [0.25, 0.3) is 11.4 Å². The van der Waals surface area contributed by atoms with Crippen LogP contribution in [-0.4, -0.2) is 39.3 Å². The van der Waals surface area contributed by atoms with Gasteiger partial charge in [0.05, 0.1) is 6.10 Å². The smallest absolute Gasteiger partial charge is 0.226 e. The maximum absolute atomic E-state index is 9.73. The molecule has 0 radical (unpaired) electrons. The van der Waals surface area contributed by atoms with Crippen LogP contribution < -0.4 is 0 Å². The topological polar surface area (TPSA) is 62.4 Å². The first-order valence-electron chi connectivity index (χ1n) is 10.0. The standard InChI is InChI=1S/C21H31N3O2/c1-3-4-5-6-7-8-20-22-21(23-26-20)18-11-9-17(10-12-18)16(2)24-14-13-19(25)15-24/h9-12,16,19,25H,3-8,13-15H2,1-2H3/t16-,19-/m0/s1. The van der Waals surface area contributed by atoms with E-state index < -0.39 is 0 Å². The number of rotatable bonds is 9. The maximum Gasteiger partial charge on any atom is 0.226 e. The third-order valence-electron chi connectivity index (χ3n) is 5.36. The Balaban J connectivity index is 1.55. The summed E-state index contributed by atoms with van der Waals surface area (Å²) in [6.45, 7) is 6.13. The molecule has 3 rings (SSSR count). The number of aryl methyl sites for hydroxylation is 1. The number of likely N-dealkylation sites (tertiary alicyclic amines) is 1. The van der Waals surface area contributed by atoms with Gasteiger partial charge >= 0.3 is 0 Å². The monoisotopic (exact) mass is 357 g/mol. The summed E-state index contributed by atoms with van der Waals surface area (Å²) in [5, 5.41) is 13.9. The molecular weight excluding hydrogens is 326 g/mol. The molecule has 1 saturated heterocycles. The summed E-state index contributed by atoms with van der Waals surface area (Å²) in [4.78, 5) is 6.86. The molecular formula is C21H31N3O2. The fourth-order valence-electron chi connectivity index (χ4n) is 3.59. The highest BCUT2D eigenvalue weighted by atomic mass is 16.5. The zero-order chi connectivity index (χ0) is 18.4. The first-order valence-corrected chi connectivity index (χ1v) is 10.0. The van der Waals surface area contributed by atoms with Gasteiger partial charge in [-0.3, -0.25) is 4.90 Å². The summed E-state index contributed by atoms with van der Waals surface area (Å²) in [5.74, 6) is 1.41. The fraction of sp³-hybridized carbons (Fsp3) is 0.619. The maximum atomic E-state index is 9.73. The molecule has 0 saturated carbocycles. The van der Waals surface area contributed by atoms with E-state index in [9.17, 15) is 5.11 Å². The van der Waals surface area contributed by atoms with Crippen molar-refractivity contribution in [2.24, 2.45) is 0 Å². The highest BCUT2D eigenvalue weighted by Crippen LogP contribution is 2.26. The Hall–Kier alpha value is -1.72. The first-order chi connectivity index (χ1) is 12.7. The Labute approximate surface area is 156 Å². The molecule has 2 heterocycles. The molecule has 1 fully saturated rings. The summed E-state index contributed by atoms with van der Waals surface area (Å²) < 4.78 is 5.40. The molecule has 5 nitrogen and oxygen atoms in total. The third kappa shape index (κ3) is 4.92. The van der Waals surface area contributed by atoms with Gasteiger partial charge in [-0.1, -0.05) is 62.0 Å². The molecule has 2 aromatic rings. The van der Waals surface area contributed by atoms with Crippen LogP contribution in [0.3, 0.4) is 0 Å². The number of aromatic nitrogens is 2. The minimum absolute atomic E-state index is 0.184. The van der Waals surface area contributed by atoms with Crippen molar-refractivity contribution >= 4 is 0 Å². The van der Waals surface area contributed by atoms with Crippen molar-refractivity contribution in [1.29, 1.82) is 0 Å². The average Bonchev–Trinajstić information content (AvgIpc) is 3.30. The summed E-state index contributed by atoms with van der Waals surface area (Å²) in [7, 11) is 0. The molecule has 1 aromatic heterocycles. The van der Waals surface area contributed by atoms with Crippen LogP contribution in [0.15, 0.2) is 28.8 Å². The predicted octanol–water partition coefficient (Wildman–Crippen LogP) is 4.38. The van der Waals surface area contributed by atoms with Gasteiger partial charge in [0.1, 0.15) is 0 Å². The van der Waals surface area contributed by atoms with E-state index >= 15 is 0 Å². The second-order valence-electron chi connectivity index (χ2n) is 7.41. The largest absolute Gasteiger partial charge is 0.392 e. The van der Waals surface area contributed by atoms with E-state index in [4.69, 9.17) is 4.52 Å². The van der Waals surface area contributed by atoms with Crippen molar-refractivity contribution in [2.75, 3.05) is 13.1 Å². The quantitative estimate of drug-likeness (QED) is 0.675. The lowest BCUT2D eigenvalue weighted by Gasteiger charge is -2.24. The summed E-state index contributed by atoms with van der Waals surface area (Å²) in [6, 6.07) is 8.70. The fourth-order valence-corrected chi connectivity index (χ4v) is 3.59. The van der Waals surface area contributed by atoms with E-state index in [2.05, 4.69) is 53.2 Å². The van der Waals surface area contributed by atoms with E-state index in [1.54, 1.807) is 0 Å². The minimum atomic E-state index is -0.184. The molecule has 142 valence electrons. The lowest BCUT2D eigenvalue weighted by Crippen LogP contribution is -2.25. The van der Waals surface area contributed by atoms with Gasteiger partial charge in [0.25, 0.3) is 0 Å². The summed E-state index contributed by atoms with van der Waals surface area (Å²) in [5.41, 5.74) is 2.24. The zero-order valence-electron chi connectivity index (χ0n) is 16.0. The molecule has 0 bridgehead atoms. The van der Waals surface area contributed by atoms with Crippen molar-refractivity contribution in [3.8, 4) is 11.4 Å². The van der Waals surface area contributed by atoms with Gasteiger partial charge in [-0.15, -0.1) is 0 Å². The van der Waals surface area contributed by atoms with Crippen molar-refractivity contribution in [1.82, 2.24) is 15.0 Å². The predicted molar refractivity (Wildman–Crippen MR) is 103 cm³/mol. The Morgan fingerprint density at radius 3 is 2.65 bits per heavy atom. The second kappa shape index (κ2) is 9.28. The van der Waals surface area contributed by atoms with Crippen LogP contribution in [0.1, 0.15) is 69.9 Å². The second-order valence-corrected chi connectivity index (χ2v) is 7.41. The Bertz CT molecular complexity index is 668. The molecule has 26 heavy (non-hydrogen) atoms. The average molecular weight is 357 g/mol. The van der Waals surface area contributed by atoms with Crippen molar-refractivity contribution in [3.63, 3.8) is 0 Å². The van der Waals surface area contributed by atoms with Crippen LogP contribution >= 0.6 is 0 Å². The van der Waals surface area contributed by atoms with Gasteiger partial charge in [0, 0.05) is 31.1 Å². The molecule has 1 N–H and O–H groups in total. The molecule has 2 atom stereocenters. The number of hydrogen-bond donors (Lipinski definition) is 1. The lowest BCUT2D eigenvalue weighted by atomic mass is 10.0. The lowest BCUT2D eigenvalue weighted by molar-refractivity contribution is 0.163. The number of aliphatic hydroxyl groups is 1. The molecule has 0 aliphatic carbocycles. The van der Waals surface area contributed by atoms with Gasteiger partial charge in [0.15, 0.2) is 0 Å². The van der Waals surface area contributed by atoms with Gasteiger partial charge in [0.2, 0.25) is 11.7 Å². The molecule has 1 aliphatic heterocycles. The van der Waals surface area contributed by atoms with Crippen LogP contribution in [0, 0.1) is 0 Å². The first kappa shape index (κ1) is 19.1. The zero-order valence-corrected chi connectivity index (χ0v) is 16.0. The Morgan fingerprint density at radius 2 is 1.96 bits per heavy atom. The van der Waals surface area contributed by atoms with Crippen LogP contribution in [0.4, 0.5) is 0 Å². The Kier molecular flexibility index (Phi) is 6.80. The van der Waals surface area contributed by atoms with Crippen LogP contribution in [0.2, 0.25) is 0 Å². The van der Waals surface area contributed by atoms with Crippen molar-refractivity contribution in [3.05, 3.63) is 35.7 Å². The number of unbranched alkanes of at least 4 members (excludes halogenated alkanes) is 4. The van der Waals surface area contributed by atoms with Gasteiger partial charge in [-0.25, -0.2) is 0 Å². The van der Waals surface area contributed by atoms with Crippen LogP contribution in [0.5, 0.6) is 0 Å². The highest BCUT2D eigenvalue weighted by Gasteiger charge is 2.25. The molecule has 0 amide bonds. The summed E-state index contributed by atoms with van der Waals surface area (Å²) in [6.07, 6.45) is 7.73. The molecule has 0 spiro atoms. The van der Waals surface area contributed by atoms with E-state index in [1.165, 1.54) is 31.2 Å². The third-order valence-corrected chi connectivity index (χ3v) is 5.36. The van der Waals surface area contributed by atoms with E-state index in [0.29, 0.717) is 11.9 Å². The number of aliphatic hydroxyl groups excluding tert-OH is 1. The minimum Gasteiger partial charge on any atom is -0.392 e. The highest BCUT2D eigenvalue weighted by molar-refractivity contribution is 5.54.